The first-order chi connectivity index (χ1) is 16.1. The highest BCUT2D eigenvalue weighted by molar-refractivity contribution is 5.84. The predicted molar refractivity (Wildman–Crippen MR) is 142 cm³/mol. The summed E-state index contributed by atoms with van der Waals surface area (Å²) >= 11 is 0. The van der Waals surface area contributed by atoms with E-state index >= 15 is 0 Å². The van der Waals surface area contributed by atoms with Crippen LogP contribution >= 0.6 is 0 Å². The van der Waals surface area contributed by atoms with Crippen LogP contribution in [0.3, 0.4) is 0 Å². The summed E-state index contributed by atoms with van der Waals surface area (Å²) < 4.78 is 11.4. The summed E-state index contributed by atoms with van der Waals surface area (Å²) in [6.45, 7) is 13.7. The molecule has 3 rings (SSSR count). The summed E-state index contributed by atoms with van der Waals surface area (Å²) in [7, 11) is 1.49. The SMILES string of the molecule is CCC(CC(C)C(C)Cc1ccc2cc(OC3CCC(C(C)(C)C)CC3)ccc2c1)C(=O)OC. The van der Waals surface area contributed by atoms with Crippen molar-refractivity contribution in [2.75, 3.05) is 7.11 Å². The summed E-state index contributed by atoms with van der Waals surface area (Å²) in [6.07, 6.45) is 7.92. The first-order valence-corrected chi connectivity index (χ1v) is 13.4. The molecule has 0 aromatic heterocycles. The van der Waals surface area contributed by atoms with Gasteiger partial charge in [0.1, 0.15) is 5.75 Å². The maximum absolute atomic E-state index is 12.0. The molecule has 1 aliphatic carbocycles. The Labute approximate surface area is 207 Å². The highest BCUT2D eigenvalue weighted by atomic mass is 16.5. The van der Waals surface area contributed by atoms with Crippen LogP contribution in [0.1, 0.15) is 85.6 Å². The number of hydrogen-bond acceptors (Lipinski definition) is 3. The minimum absolute atomic E-state index is 0.000914. The summed E-state index contributed by atoms with van der Waals surface area (Å²) in [6, 6.07) is 13.3. The standard InChI is InChI=1S/C31H46O3/c1-8-24(30(32)33-7)18-22(3)21(2)17-23-9-10-26-20-29(14-11-25(26)19-23)34-28-15-12-27(13-16-28)31(4,5)6/h9-11,14,19-22,24,27-28H,8,12-13,15-18H2,1-7H3. The third-order valence-corrected chi connectivity index (χ3v) is 8.29. The van der Waals surface area contributed by atoms with Crippen molar-refractivity contribution in [3.8, 4) is 5.75 Å². The quantitative estimate of drug-likeness (QED) is 0.349. The Morgan fingerprint density at radius 3 is 2.24 bits per heavy atom. The molecular weight excluding hydrogens is 420 g/mol. The molecule has 0 heterocycles. The number of benzene rings is 2. The average molecular weight is 467 g/mol. The number of fused-ring (bicyclic) bond motifs is 1. The van der Waals surface area contributed by atoms with Crippen molar-refractivity contribution in [1.29, 1.82) is 0 Å². The van der Waals surface area contributed by atoms with E-state index in [2.05, 4.69) is 77.9 Å². The first kappa shape index (κ1) is 26.6. The maximum Gasteiger partial charge on any atom is 0.308 e. The Morgan fingerprint density at radius 1 is 0.971 bits per heavy atom. The van der Waals surface area contributed by atoms with Gasteiger partial charge in [0, 0.05) is 0 Å². The molecule has 188 valence electrons. The lowest BCUT2D eigenvalue weighted by Crippen LogP contribution is -2.30. The van der Waals surface area contributed by atoms with Gasteiger partial charge in [-0.1, -0.05) is 65.8 Å². The third-order valence-electron chi connectivity index (χ3n) is 8.29. The monoisotopic (exact) mass is 466 g/mol. The van der Waals surface area contributed by atoms with Crippen LogP contribution < -0.4 is 4.74 Å². The van der Waals surface area contributed by atoms with Gasteiger partial charge in [-0.15, -0.1) is 0 Å². The summed E-state index contributed by atoms with van der Waals surface area (Å²) in [5, 5.41) is 2.50. The van der Waals surface area contributed by atoms with Crippen LogP contribution in [-0.4, -0.2) is 19.2 Å². The van der Waals surface area contributed by atoms with Crippen molar-refractivity contribution in [2.45, 2.75) is 92.6 Å². The van der Waals surface area contributed by atoms with Gasteiger partial charge < -0.3 is 9.47 Å². The van der Waals surface area contributed by atoms with Crippen molar-refractivity contribution in [1.82, 2.24) is 0 Å². The number of ether oxygens (including phenoxy) is 2. The molecule has 0 spiro atoms. The van der Waals surface area contributed by atoms with Gasteiger partial charge in [0.05, 0.1) is 19.1 Å². The lowest BCUT2D eigenvalue weighted by Gasteiger charge is -2.37. The van der Waals surface area contributed by atoms with E-state index in [-0.39, 0.29) is 11.9 Å². The Morgan fingerprint density at radius 2 is 1.62 bits per heavy atom. The van der Waals surface area contributed by atoms with Gasteiger partial charge in [-0.2, -0.15) is 0 Å². The minimum Gasteiger partial charge on any atom is -0.490 e. The number of carbonyl (C=O) groups is 1. The topological polar surface area (TPSA) is 35.5 Å². The summed E-state index contributed by atoms with van der Waals surface area (Å²) in [5.74, 6) is 2.69. The highest BCUT2D eigenvalue weighted by Gasteiger charge is 2.30. The van der Waals surface area contributed by atoms with E-state index in [1.807, 2.05) is 0 Å². The Hall–Kier alpha value is -2.03. The number of rotatable bonds is 9. The zero-order chi connectivity index (χ0) is 24.9. The van der Waals surface area contributed by atoms with Crippen molar-refractivity contribution in [2.24, 2.45) is 29.1 Å². The van der Waals surface area contributed by atoms with E-state index < -0.39 is 0 Å². The molecule has 0 amide bonds. The molecule has 0 bridgehead atoms. The molecule has 3 atom stereocenters. The Balaban J connectivity index is 1.58. The number of methoxy groups -OCH3 is 1. The summed E-state index contributed by atoms with van der Waals surface area (Å²) in [5.41, 5.74) is 1.76. The number of carbonyl (C=O) groups excluding carboxylic acids is 1. The Bertz CT molecular complexity index is 933. The molecule has 3 unspecified atom stereocenters. The van der Waals surface area contributed by atoms with Gasteiger partial charge in [-0.05, 0) is 96.6 Å². The van der Waals surface area contributed by atoms with E-state index in [0.29, 0.717) is 23.4 Å². The normalized spacial score (nSPS) is 21.6. The Kier molecular flexibility index (Phi) is 9.07. The third kappa shape index (κ3) is 6.99. The van der Waals surface area contributed by atoms with E-state index in [1.54, 1.807) is 0 Å². The number of esters is 1. The van der Waals surface area contributed by atoms with Crippen LogP contribution in [0.4, 0.5) is 0 Å². The number of hydrogen-bond donors (Lipinski definition) is 0. The zero-order valence-corrected chi connectivity index (χ0v) is 22.5. The van der Waals surface area contributed by atoms with E-state index in [9.17, 15) is 4.79 Å². The van der Waals surface area contributed by atoms with Crippen LogP contribution in [-0.2, 0) is 16.0 Å². The smallest absolute Gasteiger partial charge is 0.308 e. The van der Waals surface area contributed by atoms with Crippen LogP contribution in [0.15, 0.2) is 36.4 Å². The van der Waals surface area contributed by atoms with E-state index in [4.69, 9.17) is 9.47 Å². The molecule has 2 aromatic rings. The van der Waals surface area contributed by atoms with E-state index in [1.165, 1.54) is 36.3 Å². The van der Waals surface area contributed by atoms with Gasteiger partial charge in [-0.25, -0.2) is 0 Å². The van der Waals surface area contributed by atoms with Gasteiger partial charge in [0.25, 0.3) is 0 Å². The summed E-state index contributed by atoms with van der Waals surface area (Å²) in [4.78, 5) is 12.0. The molecule has 3 nitrogen and oxygen atoms in total. The minimum atomic E-state index is -0.0764. The molecule has 0 aliphatic heterocycles. The lowest BCUT2D eigenvalue weighted by molar-refractivity contribution is -0.146. The molecule has 3 heteroatoms. The molecule has 2 aromatic carbocycles. The van der Waals surface area contributed by atoms with Crippen LogP contribution in [0.25, 0.3) is 10.8 Å². The molecular formula is C31H46O3. The average Bonchev–Trinajstić information content (AvgIpc) is 2.81. The first-order valence-electron chi connectivity index (χ1n) is 13.4. The maximum atomic E-state index is 12.0. The lowest BCUT2D eigenvalue weighted by atomic mass is 9.72. The fourth-order valence-corrected chi connectivity index (χ4v) is 5.56. The fourth-order valence-electron chi connectivity index (χ4n) is 5.56. The molecule has 0 radical (unpaired) electrons. The fraction of sp³-hybridized carbons (Fsp3) is 0.645. The van der Waals surface area contributed by atoms with Gasteiger partial charge >= 0.3 is 5.97 Å². The largest absolute Gasteiger partial charge is 0.490 e. The molecule has 0 saturated heterocycles. The molecule has 34 heavy (non-hydrogen) atoms. The highest BCUT2D eigenvalue weighted by Crippen LogP contribution is 2.39. The van der Waals surface area contributed by atoms with Gasteiger partial charge in [0.2, 0.25) is 0 Å². The van der Waals surface area contributed by atoms with Gasteiger partial charge in [-0.3, -0.25) is 4.79 Å². The van der Waals surface area contributed by atoms with Crippen molar-refractivity contribution >= 4 is 16.7 Å². The van der Waals surface area contributed by atoms with Crippen molar-refractivity contribution < 1.29 is 14.3 Å². The van der Waals surface area contributed by atoms with Crippen LogP contribution in [0, 0.1) is 29.1 Å². The molecule has 1 fully saturated rings. The predicted octanol–water partition coefficient (Wildman–Crippen LogP) is 8.23. The zero-order valence-electron chi connectivity index (χ0n) is 22.5. The molecule has 0 N–H and O–H groups in total. The van der Waals surface area contributed by atoms with E-state index in [0.717, 1.165) is 43.8 Å². The van der Waals surface area contributed by atoms with Crippen molar-refractivity contribution in [3.63, 3.8) is 0 Å². The second-order valence-corrected chi connectivity index (χ2v) is 11.8. The molecule has 1 saturated carbocycles. The second kappa shape index (κ2) is 11.6. The van der Waals surface area contributed by atoms with Crippen molar-refractivity contribution in [3.05, 3.63) is 42.0 Å². The van der Waals surface area contributed by atoms with Gasteiger partial charge in [0.15, 0.2) is 0 Å². The second-order valence-electron chi connectivity index (χ2n) is 11.8. The van der Waals surface area contributed by atoms with Crippen LogP contribution in [0.2, 0.25) is 0 Å². The molecule has 1 aliphatic rings. The van der Waals surface area contributed by atoms with Crippen LogP contribution in [0.5, 0.6) is 5.75 Å².